The number of rotatable bonds is 4. The Morgan fingerprint density at radius 1 is 0.812 bits per heavy atom. The Bertz CT molecular complexity index is 403. The molecule has 1 atom stereocenters. The van der Waals surface area contributed by atoms with Crippen LogP contribution in [0.15, 0.2) is 60.7 Å². The Balaban J connectivity index is 1.92. The average molecular weight is 210 g/mol. The highest BCUT2D eigenvalue weighted by molar-refractivity contribution is 5.20. The normalized spacial score (nSPS) is 12.3. The third-order valence-corrected chi connectivity index (χ3v) is 3.08. The molecule has 2 aromatic carbocycles. The van der Waals surface area contributed by atoms with E-state index in [0.29, 0.717) is 5.92 Å². The summed E-state index contributed by atoms with van der Waals surface area (Å²) < 4.78 is 0. The van der Waals surface area contributed by atoms with Crippen LogP contribution in [0.5, 0.6) is 0 Å². The molecule has 0 saturated heterocycles. The van der Waals surface area contributed by atoms with E-state index < -0.39 is 0 Å². The summed E-state index contributed by atoms with van der Waals surface area (Å²) in [6.07, 6.45) is 2.38. The van der Waals surface area contributed by atoms with E-state index in [2.05, 4.69) is 67.6 Å². The first-order valence-corrected chi connectivity index (χ1v) is 5.95. The SMILES string of the molecule is C[C@@H](CCc1ccccc1)c1ccccc1. The van der Waals surface area contributed by atoms with Crippen LogP contribution in [0.3, 0.4) is 0 Å². The highest BCUT2D eigenvalue weighted by atomic mass is 14.1. The van der Waals surface area contributed by atoms with E-state index in [1.807, 2.05) is 0 Å². The maximum absolute atomic E-state index is 2.30. The van der Waals surface area contributed by atoms with E-state index in [9.17, 15) is 0 Å². The quantitative estimate of drug-likeness (QED) is 0.700. The van der Waals surface area contributed by atoms with Gasteiger partial charge in [-0.15, -0.1) is 0 Å². The van der Waals surface area contributed by atoms with Crippen LogP contribution >= 0.6 is 0 Å². The van der Waals surface area contributed by atoms with E-state index in [0.717, 1.165) is 6.42 Å². The third-order valence-electron chi connectivity index (χ3n) is 3.08. The number of aryl methyl sites for hydroxylation is 1. The van der Waals surface area contributed by atoms with Crippen LogP contribution in [0.25, 0.3) is 0 Å². The molecule has 0 fully saturated rings. The number of benzene rings is 2. The van der Waals surface area contributed by atoms with E-state index in [-0.39, 0.29) is 0 Å². The second-order valence-corrected chi connectivity index (χ2v) is 4.34. The van der Waals surface area contributed by atoms with E-state index >= 15 is 0 Å². The van der Waals surface area contributed by atoms with Gasteiger partial charge in [0.15, 0.2) is 0 Å². The summed E-state index contributed by atoms with van der Waals surface area (Å²) in [4.78, 5) is 0. The zero-order valence-electron chi connectivity index (χ0n) is 9.77. The fraction of sp³-hybridized carbons (Fsp3) is 0.250. The summed E-state index contributed by atoms with van der Waals surface area (Å²) >= 11 is 0. The second-order valence-electron chi connectivity index (χ2n) is 4.34. The summed E-state index contributed by atoms with van der Waals surface area (Å²) in [6.45, 7) is 2.30. The lowest BCUT2D eigenvalue weighted by atomic mass is 9.94. The minimum absolute atomic E-state index is 0.640. The lowest BCUT2D eigenvalue weighted by Crippen LogP contribution is -1.95. The lowest BCUT2D eigenvalue weighted by molar-refractivity contribution is 0.679. The van der Waals surface area contributed by atoms with Crippen molar-refractivity contribution >= 4 is 0 Å². The molecule has 0 heterocycles. The van der Waals surface area contributed by atoms with Crippen LogP contribution in [0, 0.1) is 0 Å². The Kier molecular flexibility index (Phi) is 3.76. The summed E-state index contributed by atoms with van der Waals surface area (Å²) in [5.41, 5.74) is 2.88. The molecule has 0 spiro atoms. The standard InChI is InChI=1S/C16H18/c1-14(16-10-6-3-7-11-16)12-13-15-8-4-2-5-9-15/h2-11,14H,12-13H2,1H3/t14-/m0/s1. The maximum atomic E-state index is 2.30. The molecule has 0 radical (unpaired) electrons. The minimum atomic E-state index is 0.640. The Morgan fingerprint density at radius 3 is 2.00 bits per heavy atom. The van der Waals surface area contributed by atoms with Gasteiger partial charge in [0.1, 0.15) is 0 Å². The first kappa shape index (κ1) is 10.9. The maximum Gasteiger partial charge on any atom is -0.0187 e. The van der Waals surface area contributed by atoms with Gasteiger partial charge in [-0.1, -0.05) is 67.6 Å². The first-order valence-electron chi connectivity index (χ1n) is 5.95. The van der Waals surface area contributed by atoms with Gasteiger partial charge in [-0.2, -0.15) is 0 Å². The largest absolute Gasteiger partial charge is 0.0622 e. The molecule has 0 amide bonds. The monoisotopic (exact) mass is 210 g/mol. The molecular weight excluding hydrogens is 192 g/mol. The molecule has 0 N–H and O–H groups in total. The molecule has 0 bridgehead atoms. The first-order chi connectivity index (χ1) is 7.86. The zero-order chi connectivity index (χ0) is 11.2. The molecule has 0 saturated carbocycles. The molecule has 2 aromatic rings. The lowest BCUT2D eigenvalue weighted by Gasteiger charge is -2.11. The van der Waals surface area contributed by atoms with Crippen LogP contribution in [0.2, 0.25) is 0 Å². The number of hydrogen-bond donors (Lipinski definition) is 0. The van der Waals surface area contributed by atoms with Crippen molar-refractivity contribution in [2.24, 2.45) is 0 Å². The molecule has 0 nitrogen and oxygen atoms in total. The van der Waals surface area contributed by atoms with Crippen LogP contribution in [-0.4, -0.2) is 0 Å². The van der Waals surface area contributed by atoms with Gasteiger partial charge in [0.25, 0.3) is 0 Å². The Morgan fingerprint density at radius 2 is 1.38 bits per heavy atom. The minimum Gasteiger partial charge on any atom is -0.0622 e. The van der Waals surface area contributed by atoms with E-state index in [1.54, 1.807) is 0 Å². The van der Waals surface area contributed by atoms with Crippen LogP contribution in [0.1, 0.15) is 30.4 Å². The van der Waals surface area contributed by atoms with Crippen molar-refractivity contribution in [1.82, 2.24) is 0 Å². The van der Waals surface area contributed by atoms with Gasteiger partial charge in [0, 0.05) is 0 Å². The van der Waals surface area contributed by atoms with Crippen LogP contribution < -0.4 is 0 Å². The Hall–Kier alpha value is -1.56. The van der Waals surface area contributed by atoms with Crippen molar-refractivity contribution in [3.8, 4) is 0 Å². The highest BCUT2D eigenvalue weighted by Gasteiger charge is 2.04. The fourth-order valence-corrected chi connectivity index (χ4v) is 1.98. The molecule has 2 rings (SSSR count). The van der Waals surface area contributed by atoms with Crippen molar-refractivity contribution in [1.29, 1.82) is 0 Å². The predicted molar refractivity (Wildman–Crippen MR) is 69.6 cm³/mol. The van der Waals surface area contributed by atoms with Gasteiger partial charge < -0.3 is 0 Å². The smallest absolute Gasteiger partial charge is 0.0187 e. The summed E-state index contributed by atoms with van der Waals surface area (Å²) in [7, 11) is 0. The fourth-order valence-electron chi connectivity index (χ4n) is 1.98. The Labute approximate surface area is 97.9 Å². The summed E-state index contributed by atoms with van der Waals surface area (Å²) in [6, 6.07) is 21.5. The van der Waals surface area contributed by atoms with Gasteiger partial charge in [-0.3, -0.25) is 0 Å². The van der Waals surface area contributed by atoms with Gasteiger partial charge in [0.2, 0.25) is 0 Å². The van der Waals surface area contributed by atoms with Gasteiger partial charge in [-0.25, -0.2) is 0 Å². The number of hydrogen-bond acceptors (Lipinski definition) is 0. The zero-order valence-corrected chi connectivity index (χ0v) is 9.77. The van der Waals surface area contributed by atoms with Crippen LogP contribution in [0.4, 0.5) is 0 Å². The van der Waals surface area contributed by atoms with Crippen molar-refractivity contribution < 1.29 is 0 Å². The summed E-state index contributed by atoms with van der Waals surface area (Å²) in [5.74, 6) is 0.640. The molecule has 0 unspecified atom stereocenters. The molecule has 0 heteroatoms. The van der Waals surface area contributed by atoms with Gasteiger partial charge in [-0.05, 0) is 29.9 Å². The average Bonchev–Trinajstić information content (AvgIpc) is 2.38. The van der Waals surface area contributed by atoms with E-state index in [4.69, 9.17) is 0 Å². The van der Waals surface area contributed by atoms with Crippen molar-refractivity contribution in [3.05, 3.63) is 71.8 Å². The van der Waals surface area contributed by atoms with E-state index in [1.165, 1.54) is 17.5 Å². The molecule has 16 heavy (non-hydrogen) atoms. The van der Waals surface area contributed by atoms with Gasteiger partial charge >= 0.3 is 0 Å². The molecule has 0 aliphatic rings. The van der Waals surface area contributed by atoms with Crippen molar-refractivity contribution in [3.63, 3.8) is 0 Å². The second kappa shape index (κ2) is 5.50. The molecule has 0 aromatic heterocycles. The third kappa shape index (κ3) is 2.96. The molecule has 0 aliphatic carbocycles. The molecule has 82 valence electrons. The summed E-state index contributed by atoms with van der Waals surface area (Å²) in [5, 5.41) is 0. The predicted octanol–water partition coefficient (Wildman–Crippen LogP) is 4.42. The van der Waals surface area contributed by atoms with Gasteiger partial charge in [0.05, 0.1) is 0 Å². The van der Waals surface area contributed by atoms with Crippen LogP contribution in [-0.2, 0) is 6.42 Å². The topological polar surface area (TPSA) is 0 Å². The van der Waals surface area contributed by atoms with Crippen molar-refractivity contribution in [2.45, 2.75) is 25.7 Å². The molecular formula is C16H18. The molecule has 0 aliphatic heterocycles. The van der Waals surface area contributed by atoms with Crippen molar-refractivity contribution in [2.75, 3.05) is 0 Å². The highest BCUT2D eigenvalue weighted by Crippen LogP contribution is 2.20.